The van der Waals surface area contributed by atoms with Crippen LogP contribution in [0.5, 0.6) is 5.88 Å². The number of hydrogen-bond donors (Lipinski definition) is 0. The Morgan fingerprint density at radius 3 is 2.21 bits per heavy atom. The van der Waals surface area contributed by atoms with Crippen LogP contribution in [0.4, 0.5) is 32.2 Å². The van der Waals surface area contributed by atoms with E-state index in [-0.39, 0.29) is 24.2 Å². The molecule has 3 heterocycles. The summed E-state index contributed by atoms with van der Waals surface area (Å²) in [6.07, 6.45) is 2.76. The van der Waals surface area contributed by atoms with E-state index < -0.39 is 55.5 Å². The maximum atomic E-state index is 13.4. The van der Waals surface area contributed by atoms with Crippen molar-refractivity contribution in [3.05, 3.63) is 11.9 Å². The monoisotopic (exact) mass is 410 g/mol. The summed E-state index contributed by atoms with van der Waals surface area (Å²) in [5.74, 6) is -12.6. The number of ether oxygens (including phenoxy) is 1. The maximum absolute atomic E-state index is 13.4. The van der Waals surface area contributed by atoms with Gasteiger partial charge in [-0.2, -0.15) is 17.6 Å². The molecule has 0 atom stereocenters. The van der Waals surface area contributed by atoms with E-state index in [0.717, 1.165) is 19.0 Å². The fourth-order valence-electron chi connectivity index (χ4n) is 3.00. The summed E-state index contributed by atoms with van der Waals surface area (Å²) < 4.78 is 85.2. The van der Waals surface area contributed by atoms with Gasteiger partial charge >= 0.3 is 11.8 Å². The van der Waals surface area contributed by atoms with Crippen LogP contribution in [-0.4, -0.2) is 71.3 Å². The second-order valence-electron chi connectivity index (χ2n) is 7.42. The van der Waals surface area contributed by atoms with Crippen LogP contribution in [0.15, 0.2) is 6.20 Å². The van der Waals surface area contributed by atoms with Gasteiger partial charge in [-0.1, -0.05) is 0 Å². The first-order valence-electron chi connectivity index (χ1n) is 8.65. The lowest BCUT2D eigenvalue weighted by molar-refractivity contribution is -0.172. The summed E-state index contributed by atoms with van der Waals surface area (Å²) in [5, 5.41) is 0. The Balaban J connectivity index is 1.55. The van der Waals surface area contributed by atoms with Gasteiger partial charge in [0.15, 0.2) is 11.5 Å². The summed E-state index contributed by atoms with van der Waals surface area (Å²) in [4.78, 5) is 21.7. The van der Waals surface area contributed by atoms with E-state index in [4.69, 9.17) is 4.74 Å². The van der Waals surface area contributed by atoms with Gasteiger partial charge in [-0.25, -0.2) is 18.7 Å². The first kappa shape index (κ1) is 19.1. The molecule has 3 fully saturated rings. The van der Waals surface area contributed by atoms with Crippen LogP contribution >= 0.6 is 0 Å². The Morgan fingerprint density at radius 2 is 1.68 bits per heavy atom. The van der Waals surface area contributed by atoms with Gasteiger partial charge in [0.1, 0.15) is 0 Å². The molecule has 0 N–H and O–H groups in total. The molecule has 0 radical (unpaired) electrons. The average Bonchev–Trinajstić information content (AvgIpc) is 3.36. The fraction of sp³-hybridized carbons (Fsp3) is 0.688. The minimum atomic E-state index is -4.34. The Labute approximate surface area is 155 Å². The van der Waals surface area contributed by atoms with E-state index >= 15 is 0 Å². The SMILES string of the molecule is O=C(c1cnc(N2CC(F)(F)C2)c(OCC2CC2)n1)N1CC(F)(F)C(F)(F)C1. The van der Waals surface area contributed by atoms with Crippen LogP contribution in [0.2, 0.25) is 0 Å². The minimum absolute atomic E-state index is 0.000191. The molecule has 0 bridgehead atoms. The average molecular weight is 410 g/mol. The van der Waals surface area contributed by atoms with Crippen molar-refractivity contribution < 1.29 is 35.9 Å². The number of carbonyl (C=O) groups is 1. The smallest absolute Gasteiger partial charge is 0.329 e. The van der Waals surface area contributed by atoms with E-state index in [1.165, 1.54) is 4.90 Å². The summed E-state index contributed by atoms with van der Waals surface area (Å²) in [7, 11) is 0. The van der Waals surface area contributed by atoms with Crippen molar-refractivity contribution >= 4 is 11.7 Å². The number of carbonyl (C=O) groups excluding carboxylic acids is 1. The predicted molar refractivity (Wildman–Crippen MR) is 83.2 cm³/mol. The molecule has 0 spiro atoms. The third kappa shape index (κ3) is 3.44. The van der Waals surface area contributed by atoms with Crippen LogP contribution in [-0.2, 0) is 0 Å². The molecule has 2 saturated heterocycles. The number of halogens is 6. The van der Waals surface area contributed by atoms with Crippen molar-refractivity contribution in [2.75, 3.05) is 37.7 Å². The van der Waals surface area contributed by atoms with Crippen molar-refractivity contribution in [3.63, 3.8) is 0 Å². The molecular formula is C16H16F6N4O2. The highest BCUT2D eigenvalue weighted by Crippen LogP contribution is 2.41. The van der Waals surface area contributed by atoms with E-state index in [1.54, 1.807) is 0 Å². The number of anilines is 1. The van der Waals surface area contributed by atoms with Gasteiger partial charge in [0.2, 0.25) is 0 Å². The normalized spacial score (nSPS) is 24.8. The molecule has 12 heteroatoms. The lowest BCUT2D eigenvalue weighted by Gasteiger charge is -2.39. The predicted octanol–water partition coefficient (Wildman–Crippen LogP) is 2.45. The number of amides is 1. The van der Waals surface area contributed by atoms with Gasteiger partial charge in [-0.3, -0.25) is 4.79 Å². The van der Waals surface area contributed by atoms with E-state index in [1.807, 2.05) is 0 Å². The highest BCUT2D eigenvalue weighted by molar-refractivity contribution is 5.92. The lowest BCUT2D eigenvalue weighted by atomic mass is 10.1. The molecule has 4 rings (SSSR count). The molecule has 1 aromatic heterocycles. The van der Waals surface area contributed by atoms with Gasteiger partial charge in [0.05, 0.1) is 39.0 Å². The van der Waals surface area contributed by atoms with Gasteiger partial charge in [0, 0.05) is 0 Å². The lowest BCUT2D eigenvalue weighted by Crippen LogP contribution is -2.56. The maximum Gasteiger partial charge on any atom is 0.329 e. The van der Waals surface area contributed by atoms with Crippen LogP contribution in [0.25, 0.3) is 0 Å². The van der Waals surface area contributed by atoms with Crippen molar-refractivity contribution in [3.8, 4) is 5.88 Å². The number of rotatable bonds is 5. The topological polar surface area (TPSA) is 58.6 Å². The largest absolute Gasteiger partial charge is 0.475 e. The van der Waals surface area contributed by atoms with Crippen molar-refractivity contribution in [2.45, 2.75) is 30.6 Å². The molecular weight excluding hydrogens is 394 g/mol. The number of nitrogens with zero attached hydrogens (tertiary/aromatic N) is 4. The summed E-state index contributed by atoms with van der Waals surface area (Å²) in [6.45, 7) is -3.85. The Kier molecular flexibility index (Phi) is 4.16. The first-order chi connectivity index (χ1) is 13.0. The van der Waals surface area contributed by atoms with Gasteiger partial charge < -0.3 is 14.5 Å². The van der Waals surface area contributed by atoms with Crippen LogP contribution in [0, 0.1) is 5.92 Å². The van der Waals surface area contributed by atoms with Crippen LogP contribution < -0.4 is 9.64 Å². The Hall–Kier alpha value is -2.27. The Bertz CT molecular complexity index is 777. The fourth-order valence-corrected chi connectivity index (χ4v) is 3.00. The summed E-state index contributed by atoms with van der Waals surface area (Å²) >= 11 is 0. The third-order valence-electron chi connectivity index (χ3n) is 4.84. The standard InChI is InChI=1S/C16H16F6N4O2/c17-14(18)5-25(6-14)11-12(28-4-9-1-2-9)24-10(3-23-11)13(27)26-7-15(19,20)16(21,22)8-26/h3,9H,1-2,4-8H2. The molecule has 0 unspecified atom stereocenters. The molecule has 28 heavy (non-hydrogen) atoms. The number of hydrogen-bond acceptors (Lipinski definition) is 5. The molecule has 0 aromatic carbocycles. The molecule has 3 aliphatic rings. The van der Waals surface area contributed by atoms with E-state index in [9.17, 15) is 31.1 Å². The van der Waals surface area contributed by atoms with Crippen molar-refractivity contribution in [1.82, 2.24) is 14.9 Å². The van der Waals surface area contributed by atoms with Gasteiger partial charge in [-0.15, -0.1) is 0 Å². The first-order valence-corrected chi connectivity index (χ1v) is 8.65. The van der Waals surface area contributed by atoms with Crippen LogP contribution in [0.3, 0.4) is 0 Å². The van der Waals surface area contributed by atoms with E-state index in [0.29, 0.717) is 4.90 Å². The molecule has 1 aliphatic carbocycles. The third-order valence-corrected chi connectivity index (χ3v) is 4.84. The number of likely N-dealkylation sites (tertiary alicyclic amines) is 1. The number of alkyl halides is 6. The number of aromatic nitrogens is 2. The minimum Gasteiger partial charge on any atom is -0.475 e. The molecule has 1 aromatic rings. The second kappa shape index (κ2) is 6.11. The summed E-state index contributed by atoms with van der Waals surface area (Å²) in [5.41, 5.74) is -0.463. The van der Waals surface area contributed by atoms with Gasteiger partial charge in [-0.05, 0) is 18.8 Å². The van der Waals surface area contributed by atoms with Crippen LogP contribution in [0.1, 0.15) is 23.3 Å². The second-order valence-corrected chi connectivity index (χ2v) is 7.42. The Morgan fingerprint density at radius 1 is 1.07 bits per heavy atom. The quantitative estimate of drug-likeness (QED) is 0.698. The molecule has 154 valence electrons. The molecule has 6 nitrogen and oxygen atoms in total. The van der Waals surface area contributed by atoms with Gasteiger partial charge in [0.25, 0.3) is 17.7 Å². The summed E-state index contributed by atoms with van der Waals surface area (Å²) in [6, 6.07) is 0. The molecule has 1 amide bonds. The van der Waals surface area contributed by atoms with E-state index in [2.05, 4.69) is 9.97 Å². The molecule has 1 saturated carbocycles. The highest BCUT2D eigenvalue weighted by atomic mass is 19.3. The zero-order valence-corrected chi connectivity index (χ0v) is 14.5. The van der Waals surface area contributed by atoms with Crippen molar-refractivity contribution in [1.29, 1.82) is 0 Å². The molecule has 2 aliphatic heterocycles. The highest BCUT2D eigenvalue weighted by Gasteiger charge is 2.64. The zero-order valence-electron chi connectivity index (χ0n) is 14.5. The van der Waals surface area contributed by atoms with Crippen molar-refractivity contribution in [2.24, 2.45) is 5.92 Å². The zero-order chi connectivity index (χ0) is 20.3.